The number of likely N-dealkylation sites (tertiary alicyclic amines) is 1. The topological polar surface area (TPSA) is 62.4 Å². The average molecular weight is 273 g/mol. The third-order valence-corrected chi connectivity index (χ3v) is 3.70. The van der Waals surface area contributed by atoms with Crippen molar-refractivity contribution >= 4 is 0 Å². The van der Waals surface area contributed by atoms with Gasteiger partial charge in [-0.05, 0) is 24.4 Å². The maximum Gasteiger partial charge on any atom is 0.240 e. The molecule has 1 fully saturated rings. The number of rotatable bonds is 5. The number of nitrogens with zero attached hydrogens (tertiary/aromatic N) is 3. The van der Waals surface area contributed by atoms with Crippen LogP contribution in [0.5, 0.6) is 0 Å². The Bertz CT molecular complexity index is 541. The Labute approximate surface area is 118 Å². The fraction of sp³-hybridized carbons (Fsp3) is 0.467. The molecular formula is C15H19N3O2. The zero-order valence-corrected chi connectivity index (χ0v) is 11.4. The summed E-state index contributed by atoms with van der Waals surface area (Å²) >= 11 is 0. The summed E-state index contributed by atoms with van der Waals surface area (Å²) in [5, 5.41) is 13.2. The second kappa shape index (κ2) is 6.15. The summed E-state index contributed by atoms with van der Waals surface area (Å²) in [5.41, 5.74) is 1.18. The van der Waals surface area contributed by atoms with Crippen LogP contribution >= 0.6 is 0 Å². The highest BCUT2D eigenvalue weighted by molar-refractivity contribution is 5.18. The van der Waals surface area contributed by atoms with Crippen molar-refractivity contribution in [2.75, 3.05) is 19.7 Å². The van der Waals surface area contributed by atoms with Crippen LogP contribution in [0.1, 0.15) is 23.7 Å². The molecule has 1 atom stereocenters. The van der Waals surface area contributed by atoms with Crippen LogP contribution in [-0.2, 0) is 13.0 Å². The highest BCUT2D eigenvalue weighted by Crippen LogP contribution is 2.17. The van der Waals surface area contributed by atoms with Crippen molar-refractivity contribution < 1.29 is 9.63 Å². The molecule has 1 N–H and O–H groups in total. The van der Waals surface area contributed by atoms with Crippen molar-refractivity contribution in [3.05, 3.63) is 47.6 Å². The van der Waals surface area contributed by atoms with Gasteiger partial charge in [0.15, 0.2) is 5.82 Å². The van der Waals surface area contributed by atoms with E-state index in [1.165, 1.54) is 5.56 Å². The zero-order valence-electron chi connectivity index (χ0n) is 11.4. The molecule has 1 unspecified atom stereocenters. The minimum Gasteiger partial charge on any atom is -0.396 e. The number of benzene rings is 1. The maximum atomic E-state index is 9.14. The minimum atomic E-state index is 0.263. The molecule has 0 amide bonds. The molecular weight excluding hydrogens is 254 g/mol. The highest BCUT2D eigenvalue weighted by atomic mass is 16.5. The number of aromatic nitrogens is 2. The van der Waals surface area contributed by atoms with Gasteiger partial charge in [0.25, 0.3) is 0 Å². The van der Waals surface area contributed by atoms with Crippen molar-refractivity contribution in [3.8, 4) is 0 Å². The van der Waals surface area contributed by atoms with Crippen molar-refractivity contribution in [1.82, 2.24) is 15.0 Å². The first kappa shape index (κ1) is 13.3. The normalized spacial score (nSPS) is 19.6. The molecule has 1 aliphatic heterocycles. The van der Waals surface area contributed by atoms with Crippen molar-refractivity contribution in [2.24, 2.45) is 5.92 Å². The van der Waals surface area contributed by atoms with E-state index in [-0.39, 0.29) is 6.61 Å². The lowest BCUT2D eigenvalue weighted by Gasteiger charge is -2.11. The van der Waals surface area contributed by atoms with Gasteiger partial charge >= 0.3 is 0 Å². The smallest absolute Gasteiger partial charge is 0.240 e. The van der Waals surface area contributed by atoms with Crippen LogP contribution in [0.15, 0.2) is 34.9 Å². The molecule has 0 bridgehead atoms. The fourth-order valence-electron chi connectivity index (χ4n) is 2.60. The second-order valence-electron chi connectivity index (χ2n) is 5.34. The Morgan fingerprint density at radius 1 is 1.30 bits per heavy atom. The molecule has 2 heterocycles. The number of aliphatic hydroxyl groups is 1. The molecule has 106 valence electrons. The Morgan fingerprint density at radius 2 is 2.15 bits per heavy atom. The van der Waals surface area contributed by atoms with E-state index in [4.69, 9.17) is 9.63 Å². The van der Waals surface area contributed by atoms with Gasteiger partial charge in [-0.3, -0.25) is 4.90 Å². The van der Waals surface area contributed by atoms with E-state index < -0.39 is 0 Å². The lowest BCUT2D eigenvalue weighted by Crippen LogP contribution is -2.21. The maximum absolute atomic E-state index is 9.14. The lowest BCUT2D eigenvalue weighted by molar-refractivity contribution is 0.211. The molecule has 2 aromatic rings. The molecule has 5 nitrogen and oxygen atoms in total. The molecule has 0 aliphatic carbocycles. The van der Waals surface area contributed by atoms with Gasteiger partial charge in [-0.1, -0.05) is 35.5 Å². The van der Waals surface area contributed by atoms with E-state index in [0.29, 0.717) is 24.8 Å². The van der Waals surface area contributed by atoms with Crippen molar-refractivity contribution in [3.63, 3.8) is 0 Å². The van der Waals surface area contributed by atoms with Crippen LogP contribution in [0.4, 0.5) is 0 Å². The van der Waals surface area contributed by atoms with Gasteiger partial charge in [-0.15, -0.1) is 0 Å². The van der Waals surface area contributed by atoms with Gasteiger partial charge < -0.3 is 9.63 Å². The quantitative estimate of drug-likeness (QED) is 0.894. The zero-order chi connectivity index (χ0) is 13.8. The Morgan fingerprint density at radius 3 is 2.90 bits per heavy atom. The highest BCUT2D eigenvalue weighted by Gasteiger charge is 2.23. The first-order chi connectivity index (χ1) is 9.83. The van der Waals surface area contributed by atoms with Gasteiger partial charge in [0, 0.05) is 19.6 Å². The van der Waals surface area contributed by atoms with Crippen LogP contribution in [0.25, 0.3) is 0 Å². The predicted molar refractivity (Wildman–Crippen MR) is 74.0 cm³/mol. The summed E-state index contributed by atoms with van der Waals surface area (Å²) in [6.07, 6.45) is 1.74. The van der Waals surface area contributed by atoms with Gasteiger partial charge in [0.05, 0.1) is 6.54 Å². The number of aliphatic hydroxyl groups excluding tert-OH is 1. The lowest BCUT2D eigenvalue weighted by atomic mass is 10.1. The first-order valence-corrected chi connectivity index (χ1v) is 7.02. The summed E-state index contributed by atoms with van der Waals surface area (Å²) in [6, 6.07) is 10.1. The molecule has 1 aromatic heterocycles. The van der Waals surface area contributed by atoms with E-state index in [1.54, 1.807) is 0 Å². The SMILES string of the molecule is OCC1CCN(Cc2nc(Cc3ccccc3)no2)C1. The molecule has 1 aromatic carbocycles. The fourth-order valence-corrected chi connectivity index (χ4v) is 2.60. The summed E-state index contributed by atoms with van der Waals surface area (Å²) in [7, 11) is 0. The minimum absolute atomic E-state index is 0.263. The van der Waals surface area contributed by atoms with Gasteiger partial charge in [-0.2, -0.15) is 4.98 Å². The van der Waals surface area contributed by atoms with Gasteiger partial charge in [0.2, 0.25) is 5.89 Å². The molecule has 3 rings (SSSR count). The van der Waals surface area contributed by atoms with Crippen LogP contribution < -0.4 is 0 Å². The Balaban J connectivity index is 1.57. The Hall–Kier alpha value is -1.72. The molecule has 0 radical (unpaired) electrons. The average Bonchev–Trinajstić information content (AvgIpc) is 3.10. The van der Waals surface area contributed by atoms with Crippen LogP contribution in [-0.4, -0.2) is 39.8 Å². The Kier molecular flexibility index (Phi) is 4.08. The number of hydrogen-bond acceptors (Lipinski definition) is 5. The molecule has 0 saturated carbocycles. The van der Waals surface area contributed by atoms with Crippen molar-refractivity contribution in [1.29, 1.82) is 0 Å². The standard InChI is InChI=1S/C15H19N3O2/c19-11-13-6-7-18(9-13)10-15-16-14(17-20-15)8-12-4-2-1-3-5-12/h1-5,13,19H,6-11H2. The largest absolute Gasteiger partial charge is 0.396 e. The van der Waals surface area contributed by atoms with E-state index in [1.807, 2.05) is 18.2 Å². The van der Waals surface area contributed by atoms with Crippen LogP contribution in [0.3, 0.4) is 0 Å². The van der Waals surface area contributed by atoms with E-state index >= 15 is 0 Å². The molecule has 5 heteroatoms. The predicted octanol–water partition coefficient (Wildman–Crippen LogP) is 1.47. The van der Waals surface area contributed by atoms with Gasteiger partial charge in [-0.25, -0.2) is 0 Å². The first-order valence-electron chi connectivity index (χ1n) is 7.02. The van der Waals surface area contributed by atoms with Crippen molar-refractivity contribution in [2.45, 2.75) is 19.4 Å². The monoisotopic (exact) mass is 273 g/mol. The van der Waals surface area contributed by atoms with Gasteiger partial charge in [0.1, 0.15) is 0 Å². The molecule has 1 aliphatic rings. The van der Waals surface area contributed by atoms with E-state index in [9.17, 15) is 0 Å². The molecule has 1 saturated heterocycles. The third-order valence-electron chi connectivity index (χ3n) is 3.70. The van der Waals surface area contributed by atoms with Crippen LogP contribution in [0, 0.1) is 5.92 Å². The summed E-state index contributed by atoms with van der Waals surface area (Å²) in [4.78, 5) is 6.69. The second-order valence-corrected chi connectivity index (χ2v) is 5.34. The van der Waals surface area contributed by atoms with E-state index in [0.717, 1.165) is 25.3 Å². The summed E-state index contributed by atoms with van der Waals surface area (Å²) in [5.74, 6) is 1.78. The molecule has 20 heavy (non-hydrogen) atoms. The number of hydrogen-bond donors (Lipinski definition) is 1. The summed E-state index contributed by atoms with van der Waals surface area (Å²) < 4.78 is 5.30. The molecule has 0 spiro atoms. The third kappa shape index (κ3) is 3.23. The van der Waals surface area contributed by atoms with Crippen LogP contribution in [0.2, 0.25) is 0 Å². The summed E-state index contributed by atoms with van der Waals surface area (Å²) in [6.45, 7) is 2.84. The van der Waals surface area contributed by atoms with E-state index in [2.05, 4.69) is 27.2 Å².